The van der Waals surface area contributed by atoms with Crippen molar-refractivity contribution >= 4 is 17.4 Å². The van der Waals surface area contributed by atoms with Gasteiger partial charge in [0.2, 0.25) is 0 Å². The Kier molecular flexibility index (Phi) is 8.81. The molecule has 7 nitrogen and oxygen atoms in total. The predicted molar refractivity (Wildman–Crippen MR) is 147 cm³/mol. The van der Waals surface area contributed by atoms with Gasteiger partial charge in [-0.2, -0.15) is 0 Å². The van der Waals surface area contributed by atoms with Gasteiger partial charge in [0.25, 0.3) is 11.7 Å². The summed E-state index contributed by atoms with van der Waals surface area (Å²) in [6.45, 7) is 3.89. The fraction of sp³-hybridized carbons (Fsp3) is 0.290. The number of nitrogens with zero attached hydrogens (tertiary/aromatic N) is 2. The van der Waals surface area contributed by atoms with Crippen molar-refractivity contribution in [1.82, 2.24) is 9.80 Å². The fourth-order valence-corrected chi connectivity index (χ4v) is 4.36. The molecule has 0 aliphatic carbocycles. The van der Waals surface area contributed by atoms with E-state index in [1.807, 2.05) is 80.5 Å². The molecular weight excluding hydrogens is 480 g/mol. The van der Waals surface area contributed by atoms with Gasteiger partial charge in [-0.25, -0.2) is 0 Å². The number of carbonyl (C=O) groups is 2. The zero-order valence-electron chi connectivity index (χ0n) is 22.1. The van der Waals surface area contributed by atoms with Gasteiger partial charge in [0.1, 0.15) is 23.9 Å². The summed E-state index contributed by atoms with van der Waals surface area (Å²) >= 11 is 0. The van der Waals surface area contributed by atoms with Crippen molar-refractivity contribution in [3.8, 4) is 11.5 Å². The fourth-order valence-electron chi connectivity index (χ4n) is 4.36. The van der Waals surface area contributed by atoms with Gasteiger partial charge in [-0.3, -0.25) is 9.59 Å². The number of ether oxygens (including phenoxy) is 2. The van der Waals surface area contributed by atoms with Crippen molar-refractivity contribution in [3.05, 3.63) is 101 Å². The van der Waals surface area contributed by atoms with E-state index >= 15 is 0 Å². The van der Waals surface area contributed by atoms with Crippen LogP contribution >= 0.6 is 0 Å². The van der Waals surface area contributed by atoms with Crippen molar-refractivity contribution < 1.29 is 24.2 Å². The molecule has 1 atom stereocenters. The standard InChI is InChI=1S/C31H34N2O5/c1-4-19-37-26-12-8-11-24(20-26)29(34)27-28(33(18-17-32(2)3)31(36)30(27)35)23-13-15-25(16-14-23)38-21-22-9-6-5-7-10-22/h5-16,20,28,34H,4,17-19,21H2,1-3H3/b29-27-. The van der Waals surface area contributed by atoms with E-state index in [0.717, 1.165) is 17.5 Å². The Labute approximate surface area is 223 Å². The van der Waals surface area contributed by atoms with Crippen LogP contribution in [0.15, 0.2) is 84.4 Å². The second kappa shape index (κ2) is 12.4. The van der Waals surface area contributed by atoms with Crippen LogP contribution in [0.5, 0.6) is 11.5 Å². The van der Waals surface area contributed by atoms with Crippen molar-refractivity contribution in [2.75, 3.05) is 33.8 Å². The van der Waals surface area contributed by atoms with Crippen LogP contribution in [0.3, 0.4) is 0 Å². The highest BCUT2D eigenvalue weighted by atomic mass is 16.5. The molecule has 0 bridgehead atoms. The van der Waals surface area contributed by atoms with Crippen LogP contribution < -0.4 is 9.47 Å². The third-order valence-electron chi connectivity index (χ3n) is 6.35. The summed E-state index contributed by atoms with van der Waals surface area (Å²) in [6.07, 6.45) is 0.845. The number of hydrogen-bond donors (Lipinski definition) is 1. The molecule has 1 unspecified atom stereocenters. The van der Waals surface area contributed by atoms with Gasteiger partial charge < -0.3 is 24.4 Å². The Bertz CT molecular complexity index is 1290. The zero-order chi connectivity index (χ0) is 27.1. The van der Waals surface area contributed by atoms with Gasteiger partial charge in [0.05, 0.1) is 18.2 Å². The highest BCUT2D eigenvalue weighted by Crippen LogP contribution is 2.40. The highest BCUT2D eigenvalue weighted by molar-refractivity contribution is 6.46. The van der Waals surface area contributed by atoms with Crippen molar-refractivity contribution in [3.63, 3.8) is 0 Å². The number of rotatable bonds is 11. The number of carbonyl (C=O) groups excluding carboxylic acids is 2. The molecule has 1 amide bonds. The maximum absolute atomic E-state index is 13.3. The summed E-state index contributed by atoms with van der Waals surface area (Å²) < 4.78 is 11.6. The molecule has 3 aromatic carbocycles. The molecule has 0 radical (unpaired) electrons. The Balaban J connectivity index is 1.68. The number of aliphatic hydroxyl groups excluding tert-OH is 1. The SMILES string of the molecule is CCCOc1cccc(/C(O)=C2/C(=O)C(=O)N(CCN(C)C)C2c2ccc(OCc3ccccc3)cc2)c1. The molecule has 0 saturated carbocycles. The van der Waals surface area contributed by atoms with Crippen LogP contribution in [0.25, 0.3) is 5.76 Å². The van der Waals surface area contributed by atoms with Gasteiger partial charge in [0, 0.05) is 18.7 Å². The van der Waals surface area contributed by atoms with E-state index < -0.39 is 17.7 Å². The van der Waals surface area contributed by atoms with Crippen LogP contribution in [0.2, 0.25) is 0 Å². The molecule has 198 valence electrons. The lowest BCUT2D eigenvalue weighted by molar-refractivity contribution is -0.140. The van der Waals surface area contributed by atoms with Crippen molar-refractivity contribution in [1.29, 1.82) is 0 Å². The lowest BCUT2D eigenvalue weighted by atomic mass is 9.95. The van der Waals surface area contributed by atoms with Crippen LogP contribution in [-0.4, -0.2) is 60.4 Å². The minimum atomic E-state index is -0.724. The Hall–Kier alpha value is -4.10. The smallest absolute Gasteiger partial charge is 0.295 e. The second-order valence-electron chi connectivity index (χ2n) is 9.52. The summed E-state index contributed by atoms with van der Waals surface area (Å²) in [5.74, 6) is -0.276. The number of Topliss-reactive ketones (excluding diaryl/α,β-unsaturated/α-hetero) is 1. The maximum Gasteiger partial charge on any atom is 0.295 e. The summed E-state index contributed by atoms with van der Waals surface area (Å²) in [4.78, 5) is 29.9. The Morgan fingerprint density at radius 2 is 1.66 bits per heavy atom. The van der Waals surface area contributed by atoms with Gasteiger partial charge in [-0.1, -0.05) is 61.5 Å². The van der Waals surface area contributed by atoms with E-state index in [0.29, 0.717) is 43.4 Å². The molecule has 0 spiro atoms. The van der Waals surface area contributed by atoms with E-state index in [9.17, 15) is 14.7 Å². The zero-order valence-corrected chi connectivity index (χ0v) is 22.1. The molecule has 1 N–H and O–H groups in total. The second-order valence-corrected chi connectivity index (χ2v) is 9.52. The first-order chi connectivity index (χ1) is 18.4. The topological polar surface area (TPSA) is 79.3 Å². The first kappa shape index (κ1) is 26.9. The molecule has 0 aromatic heterocycles. The molecule has 1 aliphatic heterocycles. The van der Waals surface area contributed by atoms with Crippen LogP contribution in [0.4, 0.5) is 0 Å². The average Bonchev–Trinajstić information content (AvgIpc) is 3.19. The Morgan fingerprint density at radius 3 is 2.34 bits per heavy atom. The van der Waals surface area contributed by atoms with Gasteiger partial charge >= 0.3 is 0 Å². The number of ketones is 1. The largest absolute Gasteiger partial charge is 0.507 e. The number of hydrogen-bond acceptors (Lipinski definition) is 6. The van der Waals surface area contributed by atoms with Crippen molar-refractivity contribution in [2.45, 2.75) is 26.0 Å². The summed E-state index contributed by atoms with van der Waals surface area (Å²) in [5, 5.41) is 11.3. The molecule has 1 fully saturated rings. The van der Waals surface area contributed by atoms with Gasteiger partial charge in [0.15, 0.2) is 0 Å². The highest BCUT2D eigenvalue weighted by Gasteiger charge is 2.45. The summed E-state index contributed by atoms with van der Waals surface area (Å²) in [7, 11) is 3.82. The average molecular weight is 515 g/mol. The summed E-state index contributed by atoms with van der Waals surface area (Å²) in [6, 6.07) is 23.4. The predicted octanol–water partition coefficient (Wildman–Crippen LogP) is 5.04. The summed E-state index contributed by atoms with van der Waals surface area (Å²) in [5.41, 5.74) is 2.27. The monoisotopic (exact) mass is 514 g/mol. The molecule has 4 rings (SSSR count). The first-order valence-corrected chi connectivity index (χ1v) is 12.8. The Morgan fingerprint density at radius 1 is 0.921 bits per heavy atom. The van der Waals surface area contributed by atoms with E-state index in [-0.39, 0.29) is 11.3 Å². The van der Waals surface area contributed by atoms with Crippen LogP contribution in [0.1, 0.15) is 36.1 Å². The molecule has 1 aliphatic rings. The van der Waals surface area contributed by atoms with Crippen LogP contribution in [-0.2, 0) is 16.2 Å². The lowest BCUT2D eigenvalue weighted by Gasteiger charge is -2.26. The molecule has 3 aromatic rings. The number of benzene rings is 3. The van der Waals surface area contributed by atoms with Gasteiger partial charge in [-0.05, 0) is 55.9 Å². The van der Waals surface area contributed by atoms with Crippen LogP contribution in [0, 0.1) is 0 Å². The number of likely N-dealkylation sites (tertiary alicyclic amines) is 1. The van der Waals surface area contributed by atoms with Crippen molar-refractivity contribution in [2.24, 2.45) is 0 Å². The normalized spacial score (nSPS) is 16.7. The maximum atomic E-state index is 13.3. The van der Waals surface area contributed by atoms with E-state index in [4.69, 9.17) is 9.47 Å². The quantitative estimate of drug-likeness (QED) is 0.220. The number of amides is 1. The molecule has 38 heavy (non-hydrogen) atoms. The third-order valence-corrected chi connectivity index (χ3v) is 6.35. The molecule has 1 saturated heterocycles. The molecular formula is C31H34N2O5. The number of aliphatic hydroxyl groups is 1. The van der Waals surface area contributed by atoms with E-state index in [1.165, 1.54) is 4.90 Å². The van der Waals surface area contributed by atoms with E-state index in [1.54, 1.807) is 24.3 Å². The van der Waals surface area contributed by atoms with E-state index in [2.05, 4.69) is 0 Å². The molecule has 1 heterocycles. The minimum Gasteiger partial charge on any atom is -0.507 e. The molecule has 7 heteroatoms. The minimum absolute atomic E-state index is 0.0688. The lowest BCUT2D eigenvalue weighted by Crippen LogP contribution is -2.35. The first-order valence-electron chi connectivity index (χ1n) is 12.8. The number of likely N-dealkylation sites (N-methyl/N-ethyl adjacent to an activating group) is 1. The third kappa shape index (κ3) is 6.23. The van der Waals surface area contributed by atoms with Gasteiger partial charge in [-0.15, -0.1) is 0 Å².